The quantitative estimate of drug-likeness (QED) is 0.475. The average molecular weight is 477 g/mol. The van der Waals surface area contributed by atoms with Crippen molar-refractivity contribution < 1.29 is 28.2 Å². The third-order valence-corrected chi connectivity index (χ3v) is 6.57. The number of amides is 1. The molecular weight excluding hydrogens is 448 g/mol. The van der Waals surface area contributed by atoms with E-state index in [9.17, 15) is 9.59 Å². The molecule has 1 aromatic heterocycles. The number of furan rings is 1. The second-order valence-corrected chi connectivity index (χ2v) is 8.78. The van der Waals surface area contributed by atoms with Gasteiger partial charge >= 0.3 is 5.97 Å². The Balaban J connectivity index is 1.25. The van der Waals surface area contributed by atoms with Crippen LogP contribution < -0.4 is 9.47 Å². The summed E-state index contributed by atoms with van der Waals surface area (Å²) in [5, 5.41) is 0. The van der Waals surface area contributed by atoms with Crippen molar-refractivity contribution in [3.05, 3.63) is 83.3 Å². The number of likely N-dealkylation sites (tertiary alicyclic amines) is 1. The maximum Gasteiger partial charge on any atom is 0.337 e. The summed E-state index contributed by atoms with van der Waals surface area (Å²) in [5.74, 6) is 1.64. The van der Waals surface area contributed by atoms with Crippen molar-refractivity contribution in [2.24, 2.45) is 0 Å². The van der Waals surface area contributed by atoms with Crippen LogP contribution in [-0.2, 0) is 17.8 Å². The zero-order valence-electron chi connectivity index (χ0n) is 19.6. The van der Waals surface area contributed by atoms with Crippen LogP contribution in [0.25, 0.3) is 0 Å². The van der Waals surface area contributed by atoms with Crippen molar-refractivity contribution in [3.63, 3.8) is 0 Å². The summed E-state index contributed by atoms with van der Waals surface area (Å²) in [6.45, 7) is 3.12. The van der Waals surface area contributed by atoms with Crippen molar-refractivity contribution >= 4 is 11.9 Å². The Morgan fingerprint density at radius 1 is 1.00 bits per heavy atom. The molecule has 0 aliphatic carbocycles. The van der Waals surface area contributed by atoms with Crippen LogP contribution in [0.2, 0.25) is 0 Å². The van der Waals surface area contributed by atoms with E-state index >= 15 is 0 Å². The molecule has 1 fully saturated rings. The molecular formula is C27H28N2O6. The fraction of sp³-hybridized carbons (Fsp3) is 0.333. The van der Waals surface area contributed by atoms with Gasteiger partial charge in [-0.15, -0.1) is 0 Å². The molecule has 2 aliphatic heterocycles. The number of hydrogen-bond donors (Lipinski definition) is 0. The van der Waals surface area contributed by atoms with Crippen LogP contribution in [0.5, 0.6) is 11.5 Å². The molecule has 8 nitrogen and oxygen atoms in total. The summed E-state index contributed by atoms with van der Waals surface area (Å²) in [6, 6.07) is 16.7. The third kappa shape index (κ3) is 5.17. The third-order valence-electron chi connectivity index (χ3n) is 6.57. The highest BCUT2D eigenvalue weighted by atomic mass is 16.7. The van der Waals surface area contributed by atoms with E-state index in [-0.39, 0.29) is 24.7 Å². The summed E-state index contributed by atoms with van der Waals surface area (Å²) < 4.78 is 21.2. The van der Waals surface area contributed by atoms with Crippen LogP contribution >= 0.6 is 0 Å². The number of piperidine rings is 1. The van der Waals surface area contributed by atoms with Gasteiger partial charge in [-0.25, -0.2) is 4.79 Å². The summed E-state index contributed by atoms with van der Waals surface area (Å²) >= 11 is 0. The van der Waals surface area contributed by atoms with E-state index in [1.54, 1.807) is 36.6 Å². The molecule has 0 atom stereocenters. The van der Waals surface area contributed by atoms with Gasteiger partial charge in [-0.1, -0.05) is 12.1 Å². The highest BCUT2D eigenvalue weighted by molar-refractivity contribution is 5.95. The van der Waals surface area contributed by atoms with Crippen molar-refractivity contribution in [1.29, 1.82) is 0 Å². The summed E-state index contributed by atoms with van der Waals surface area (Å²) in [7, 11) is 1.38. The maximum absolute atomic E-state index is 13.6. The van der Waals surface area contributed by atoms with Gasteiger partial charge in [-0.2, -0.15) is 0 Å². The van der Waals surface area contributed by atoms with Crippen molar-refractivity contribution in [2.75, 3.05) is 27.0 Å². The van der Waals surface area contributed by atoms with Gasteiger partial charge in [0.1, 0.15) is 5.76 Å². The number of carbonyl (C=O) groups is 2. The molecule has 0 bridgehead atoms. The Labute approximate surface area is 204 Å². The number of ether oxygens (including phenoxy) is 3. The number of rotatable bonds is 7. The first-order valence-electron chi connectivity index (χ1n) is 11.7. The molecule has 5 rings (SSSR count). The van der Waals surface area contributed by atoms with E-state index in [0.717, 1.165) is 43.8 Å². The Kier molecular flexibility index (Phi) is 6.72. The molecule has 0 spiro atoms. The van der Waals surface area contributed by atoms with Gasteiger partial charge in [0, 0.05) is 31.2 Å². The van der Waals surface area contributed by atoms with E-state index in [4.69, 9.17) is 18.6 Å². The standard InChI is InChI=1S/C27H28N2O6/c1-32-27(31)20-6-4-19(5-7-20)16-28-12-10-22(11-13-28)29(17-23-3-2-14-33-23)26(30)21-8-9-24-25(15-21)35-18-34-24/h2-9,14-15,22H,10-13,16-18H2,1H3. The van der Waals surface area contributed by atoms with Crippen LogP contribution in [0.1, 0.15) is 44.9 Å². The van der Waals surface area contributed by atoms with Gasteiger partial charge in [0.2, 0.25) is 6.79 Å². The largest absolute Gasteiger partial charge is 0.467 e. The number of fused-ring (bicyclic) bond motifs is 1. The van der Waals surface area contributed by atoms with Gasteiger partial charge in [-0.05, 0) is 60.9 Å². The minimum Gasteiger partial charge on any atom is -0.467 e. The molecule has 0 unspecified atom stereocenters. The minimum absolute atomic E-state index is 0.0449. The molecule has 8 heteroatoms. The van der Waals surface area contributed by atoms with Crippen LogP contribution in [0, 0.1) is 0 Å². The Morgan fingerprint density at radius 3 is 2.46 bits per heavy atom. The highest BCUT2D eigenvalue weighted by Crippen LogP contribution is 2.33. The van der Waals surface area contributed by atoms with Crippen molar-refractivity contribution in [2.45, 2.75) is 32.0 Å². The van der Waals surface area contributed by atoms with Gasteiger partial charge in [0.05, 0.1) is 25.5 Å². The Bertz CT molecular complexity index is 1170. The van der Waals surface area contributed by atoms with Crippen LogP contribution in [0.15, 0.2) is 65.3 Å². The van der Waals surface area contributed by atoms with Crippen LogP contribution in [-0.4, -0.2) is 54.7 Å². The number of hydrogen-bond acceptors (Lipinski definition) is 7. The van der Waals surface area contributed by atoms with E-state index in [0.29, 0.717) is 29.2 Å². The molecule has 2 aromatic carbocycles. The van der Waals surface area contributed by atoms with E-state index in [1.165, 1.54) is 7.11 Å². The highest BCUT2D eigenvalue weighted by Gasteiger charge is 2.30. The number of esters is 1. The monoisotopic (exact) mass is 476 g/mol. The molecule has 0 N–H and O–H groups in total. The Morgan fingerprint density at radius 2 is 1.74 bits per heavy atom. The number of nitrogens with zero attached hydrogens (tertiary/aromatic N) is 2. The lowest BCUT2D eigenvalue weighted by Crippen LogP contribution is -2.46. The first-order valence-corrected chi connectivity index (χ1v) is 11.7. The second-order valence-electron chi connectivity index (χ2n) is 8.78. The first-order chi connectivity index (χ1) is 17.1. The van der Waals surface area contributed by atoms with E-state index in [2.05, 4.69) is 4.90 Å². The van der Waals surface area contributed by atoms with E-state index in [1.807, 2.05) is 29.2 Å². The summed E-state index contributed by atoms with van der Waals surface area (Å²) in [4.78, 5) is 29.5. The maximum atomic E-state index is 13.6. The fourth-order valence-corrected chi connectivity index (χ4v) is 4.64. The number of carbonyl (C=O) groups excluding carboxylic acids is 2. The molecule has 3 heterocycles. The van der Waals surface area contributed by atoms with Gasteiger partial charge in [-0.3, -0.25) is 9.69 Å². The topological polar surface area (TPSA) is 81.5 Å². The molecule has 182 valence electrons. The van der Waals surface area contributed by atoms with Crippen molar-refractivity contribution in [3.8, 4) is 11.5 Å². The predicted molar refractivity (Wildman–Crippen MR) is 127 cm³/mol. The first kappa shape index (κ1) is 23.0. The van der Waals surface area contributed by atoms with Gasteiger partial charge in [0.15, 0.2) is 11.5 Å². The molecule has 1 amide bonds. The van der Waals surface area contributed by atoms with Crippen LogP contribution in [0.4, 0.5) is 0 Å². The Hall–Kier alpha value is -3.78. The lowest BCUT2D eigenvalue weighted by Gasteiger charge is -2.38. The normalized spacial score (nSPS) is 15.7. The zero-order valence-corrected chi connectivity index (χ0v) is 19.6. The average Bonchev–Trinajstić information content (AvgIpc) is 3.59. The molecule has 1 saturated heterocycles. The van der Waals surface area contributed by atoms with Crippen LogP contribution in [0.3, 0.4) is 0 Å². The lowest BCUT2D eigenvalue weighted by molar-refractivity contribution is 0.0522. The minimum atomic E-state index is -0.332. The zero-order chi connectivity index (χ0) is 24.2. The van der Waals surface area contributed by atoms with E-state index < -0.39 is 0 Å². The predicted octanol–water partition coefficient (Wildman–Crippen LogP) is 4.10. The molecule has 0 saturated carbocycles. The smallest absolute Gasteiger partial charge is 0.337 e. The second kappa shape index (κ2) is 10.2. The summed E-state index contributed by atoms with van der Waals surface area (Å²) in [6.07, 6.45) is 3.35. The fourth-order valence-electron chi connectivity index (χ4n) is 4.64. The summed E-state index contributed by atoms with van der Waals surface area (Å²) in [5.41, 5.74) is 2.26. The molecule has 3 aromatic rings. The SMILES string of the molecule is COC(=O)c1ccc(CN2CCC(N(Cc3ccco3)C(=O)c3ccc4c(c3)OCO4)CC2)cc1. The number of methoxy groups -OCH3 is 1. The van der Waals surface area contributed by atoms with Crippen molar-refractivity contribution in [1.82, 2.24) is 9.80 Å². The van der Waals surface area contributed by atoms with Gasteiger partial charge < -0.3 is 23.5 Å². The molecule has 0 radical (unpaired) electrons. The molecule has 35 heavy (non-hydrogen) atoms. The lowest BCUT2D eigenvalue weighted by atomic mass is 10.0. The molecule has 2 aliphatic rings. The number of benzene rings is 2. The van der Waals surface area contributed by atoms with Gasteiger partial charge in [0.25, 0.3) is 5.91 Å².